The standard InChI is InChI=1S/C15H21N3O3/c1-7-6-8(2)18(3)15(20)10(7)14(19)17-12-11(16)9-4-5-21-13(9)12/h6,9,11-13H,4-5,16H2,1-3H3,(H,17,19)/t9-,11+,12-,13-/m1/s1. The lowest BCUT2D eigenvalue weighted by Gasteiger charge is -2.45. The first-order valence-corrected chi connectivity index (χ1v) is 7.27. The van der Waals surface area contributed by atoms with E-state index < -0.39 is 0 Å². The van der Waals surface area contributed by atoms with Gasteiger partial charge in [0.15, 0.2) is 0 Å². The summed E-state index contributed by atoms with van der Waals surface area (Å²) in [5.74, 6) is -0.0280. The normalized spacial score (nSPS) is 30.7. The highest BCUT2D eigenvalue weighted by Crippen LogP contribution is 2.37. The zero-order valence-electron chi connectivity index (χ0n) is 12.6. The van der Waals surface area contributed by atoms with E-state index in [9.17, 15) is 9.59 Å². The van der Waals surface area contributed by atoms with Gasteiger partial charge in [-0.2, -0.15) is 0 Å². The summed E-state index contributed by atoms with van der Waals surface area (Å²) < 4.78 is 7.08. The first kappa shape index (κ1) is 14.3. The summed E-state index contributed by atoms with van der Waals surface area (Å²) in [4.78, 5) is 24.7. The van der Waals surface area contributed by atoms with E-state index >= 15 is 0 Å². The number of ether oxygens (including phenoxy) is 1. The van der Waals surface area contributed by atoms with Crippen LogP contribution in [0.5, 0.6) is 0 Å². The molecule has 1 aliphatic carbocycles. The SMILES string of the molecule is Cc1cc(C)n(C)c(=O)c1C(=O)N[C@@H]1[C@@H](N)[C@H]2CCO[C@H]21. The molecule has 1 aliphatic heterocycles. The first-order valence-electron chi connectivity index (χ1n) is 7.27. The van der Waals surface area contributed by atoms with Crippen molar-refractivity contribution < 1.29 is 9.53 Å². The minimum atomic E-state index is -0.359. The van der Waals surface area contributed by atoms with E-state index in [4.69, 9.17) is 10.5 Å². The van der Waals surface area contributed by atoms with E-state index in [0.717, 1.165) is 12.1 Å². The van der Waals surface area contributed by atoms with Crippen LogP contribution in [0.3, 0.4) is 0 Å². The number of rotatable bonds is 2. The van der Waals surface area contributed by atoms with Crippen molar-refractivity contribution in [1.29, 1.82) is 0 Å². The highest BCUT2D eigenvalue weighted by Gasteiger charge is 2.52. The molecule has 1 aromatic rings. The third kappa shape index (κ3) is 2.10. The molecule has 2 fully saturated rings. The summed E-state index contributed by atoms with van der Waals surface area (Å²) in [5, 5.41) is 2.88. The van der Waals surface area contributed by atoms with Crippen LogP contribution >= 0.6 is 0 Å². The van der Waals surface area contributed by atoms with Crippen LogP contribution in [0, 0.1) is 19.8 Å². The van der Waals surface area contributed by atoms with E-state index in [1.807, 2.05) is 13.0 Å². The van der Waals surface area contributed by atoms with Gasteiger partial charge in [-0.3, -0.25) is 9.59 Å². The van der Waals surface area contributed by atoms with Crippen LogP contribution in [-0.4, -0.2) is 35.3 Å². The summed E-state index contributed by atoms with van der Waals surface area (Å²) in [5.41, 5.74) is 7.51. The monoisotopic (exact) mass is 291 g/mol. The molecule has 1 aromatic heterocycles. The zero-order valence-corrected chi connectivity index (χ0v) is 12.6. The number of hydrogen-bond acceptors (Lipinski definition) is 4. The Labute approximate surface area is 123 Å². The van der Waals surface area contributed by atoms with E-state index in [1.54, 1.807) is 14.0 Å². The molecule has 3 N–H and O–H groups in total. The quantitative estimate of drug-likeness (QED) is 0.793. The van der Waals surface area contributed by atoms with Crippen LogP contribution in [0.25, 0.3) is 0 Å². The molecule has 0 bridgehead atoms. The summed E-state index contributed by atoms with van der Waals surface area (Å²) in [6.45, 7) is 4.31. The number of amides is 1. The number of fused-ring (bicyclic) bond motifs is 1. The fourth-order valence-electron chi connectivity index (χ4n) is 3.41. The molecule has 0 unspecified atom stereocenters. The van der Waals surface area contributed by atoms with Gasteiger partial charge in [0.1, 0.15) is 5.56 Å². The van der Waals surface area contributed by atoms with Gasteiger partial charge in [-0.15, -0.1) is 0 Å². The third-order valence-corrected chi connectivity index (χ3v) is 4.84. The van der Waals surface area contributed by atoms with Crippen molar-refractivity contribution >= 4 is 5.91 Å². The lowest BCUT2D eigenvalue weighted by molar-refractivity contribution is -0.0161. The van der Waals surface area contributed by atoms with E-state index in [0.29, 0.717) is 18.1 Å². The van der Waals surface area contributed by atoms with Crippen molar-refractivity contribution in [2.45, 2.75) is 38.5 Å². The van der Waals surface area contributed by atoms with Gasteiger partial charge < -0.3 is 20.4 Å². The average Bonchev–Trinajstić information content (AvgIpc) is 2.87. The van der Waals surface area contributed by atoms with Crippen LogP contribution in [0.4, 0.5) is 0 Å². The van der Waals surface area contributed by atoms with Crippen LogP contribution in [0.15, 0.2) is 10.9 Å². The summed E-state index contributed by atoms with van der Waals surface area (Å²) in [6.07, 6.45) is 0.947. The van der Waals surface area contributed by atoms with E-state index in [2.05, 4.69) is 5.32 Å². The summed E-state index contributed by atoms with van der Waals surface area (Å²) in [7, 11) is 1.67. The van der Waals surface area contributed by atoms with Gasteiger partial charge in [-0.05, 0) is 31.9 Å². The molecule has 1 saturated carbocycles. The molecule has 114 valence electrons. The maximum atomic E-state index is 12.5. The van der Waals surface area contributed by atoms with Gasteiger partial charge in [-0.1, -0.05) is 0 Å². The first-order chi connectivity index (χ1) is 9.91. The average molecular weight is 291 g/mol. The van der Waals surface area contributed by atoms with Gasteiger partial charge in [0.05, 0.1) is 12.1 Å². The number of nitrogens with one attached hydrogen (secondary N) is 1. The second kappa shape index (κ2) is 4.96. The molecule has 4 atom stereocenters. The Morgan fingerprint density at radius 3 is 2.90 bits per heavy atom. The predicted octanol–water partition coefficient (Wildman–Crippen LogP) is -0.153. The van der Waals surface area contributed by atoms with Crippen molar-refractivity contribution in [2.24, 2.45) is 18.7 Å². The fraction of sp³-hybridized carbons (Fsp3) is 0.600. The lowest BCUT2D eigenvalue weighted by atomic mass is 9.72. The second-order valence-corrected chi connectivity index (χ2v) is 6.07. The Bertz CT molecular complexity index is 652. The number of nitrogens with two attached hydrogens (primary N) is 1. The molecule has 2 heterocycles. The highest BCUT2D eigenvalue weighted by molar-refractivity contribution is 5.95. The molecule has 21 heavy (non-hydrogen) atoms. The van der Waals surface area contributed by atoms with Crippen LogP contribution in [-0.2, 0) is 11.8 Å². The Morgan fingerprint density at radius 1 is 1.48 bits per heavy atom. The Kier molecular flexibility index (Phi) is 3.37. The Morgan fingerprint density at radius 2 is 2.19 bits per heavy atom. The van der Waals surface area contributed by atoms with E-state index in [-0.39, 0.29) is 35.2 Å². The van der Waals surface area contributed by atoms with Crippen LogP contribution in [0.2, 0.25) is 0 Å². The minimum Gasteiger partial charge on any atom is -0.376 e. The van der Waals surface area contributed by atoms with Gasteiger partial charge >= 0.3 is 0 Å². The Balaban J connectivity index is 1.84. The number of aryl methyl sites for hydroxylation is 2. The molecule has 0 spiro atoms. The molecular weight excluding hydrogens is 270 g/mol. The smallest absolute Gasteiger partial charge is 0.263 e. The van der Waals surface area contributed by atoms with Crippen molar-refractivity contribution in [1.82, 2.24) is 9.88 Å². The zero-order chi connectivity index (χ0) is 15.3. The molecule has 1 saturated heterocycles. The number of aromatic nitrogens is 1. The third-order valence-electron chi connectivity index (χ3n) is 4.84. The molecule has 1 amide bonds. The van der Waals surface area contributed by atoms with Crippen LogP contribution < -0.4 is 16.6 Å². The molecule has 0 aromatic carbocycles. The second-order valence-electron chi connectivity index (χ2n) is 6.07. The topological polar surface area (TPSA) is 86.4 Å². The lowest BCUT2D eigenvalue weighted by Crippen LogP contribution is -2.69. The summed E-state index contributed by atoms with van der Waals surface area (Å²) in [6, 6.07) is 1.55. The van der Waals surface area contributed by atoms with Crippen molar-refractivity contribution in [3.8, 4) is 0 Å². The number of pyridine rings is 1. The fourth-order valence-corrected chi connectivity index (χ4v) is 3.41. The van der Waals surface area contributed by atoms with E-state index in [1.165, 1.54) is 4.57 Å². The van der Waals surface area contributed by atoms with Crippen molar-refractivity contribution in [2.75, 3.05) is 6.61 Å². The summed E-state index contributed by atoms with van der Waals surface area (Å²) >= 11 is 0. The molecule has 6 heteroatoms. The van der Waals surface area contributed by atoms with Crippen LogP contribution in [0.1, 0.15) is 28.0 Å². The Hall–Kier alpha value is -1.66. The highest BCUT2D eigenvalue weighted by atomic mass is 16.5. The van der Waals surface area contributed by atoms with Gasteiger partial charge in [-0.25, -0.2) is 0 Å². The molecule has 6 nitrogen and oxygen atoms in total. The molecule has 0 radical (unpaired) electrons. The molecule has 2 aliphatic rings. The van der Waals surface area contributed by atoms with Gasteiger partial charge in [0.2, 0.25) is 0 Å². The largest absolute Gasteiger partial charge is 0.376 e. The number of carbonyl (C=O) groups is 1. The minimum absolute atomic E-state index is 0.00134. The number of nitrogens with zero attached hydrogens (tertiary/aromatic N) is 1. The van der Waals surface area contributed by atoms with Gasteiger partial charge in [0, 0.05) is 31.3 Å². The van der Waals surface area contributed by atoms with Crippen molar-refractivity contribution in [3.63, 3.8) is 0 Å². The molecular formula is C15H21N3O3. The number of hydrogen-bond donors (Lipinski definition) is 2. The number of carbonyl (C=O) groups excluding carboxylic acids is 1. The molecule has 3 rings (SSSR count). The van der Waals surface area contributed by atoms with Crippen molar-refractivity contribution in [3.05, 3.63) is 33.2 Å². The maximum Gasteiger partial charge on any atom is 0.263 e. The maximum absolute atomic E-state index is 12.5. The predicted molar refractivity (Wildman–Crippen MR) is 78.2 cm³/mol. The van der Waals surface area contributed by atoms with Gasteiger partial charge in [0.25, 0.3) is 11.5 Å².